The Balaban J connectivity index is 1.78. The zero-order valence-corrected chi connectivity index (χ0v) is 15.2. The SMILES string of the molecule is CC1(C)CC(=O)Nc2ccc(S(=O)(=O)NCCc3ccccc3)cc21. The second-order valence-corrected chi connectivity index (χ2v) is 8.72. The van der Waals surface area contributed by atoms with Gasteiger partial charge in [0.05, 0.1) is 4.90 Å². The lowest BCUT2D eigenvalue weighted by Gasteiger charge is -2.32. The van der Waals surface area contributed by atoms with Gasteiger partial charge in [0.2, 0.25) is 15.9 Å². The molecular weight excluding hydrogens is 336 g/mol. The van der Waals surface area contributed by atoms with Crippen molar-refractivity contribution in [3.8, 4) is 0 Å². The lowest BCUT2D eigenvalue weighted by Crippen LogP contribution is -2.33. The Morgan fingerprint density at radius 1 is 1.12 bits per heavy atom. The Bertz CT molecular complexity index is 890. The van der Waals surface area contributed by atoms with Gasteiger partial charge in [-0.3, -0.25) is 4.79 Å². The molecule has 1 aliphatic heterocycles. The summed E-state index contributed by atoms with van der Waals surface area (Å²) in [5.74, 6) is -0.0471. The van der Waals surface area contributed by atoms with E-state index >= 15 is 0 Å². The Morgan fingerprint density at radius 3 is 2.56 bits per heavy atom. The van der Waals surface area contributed by atoms with Crippen LogP contribution in [0.25, 0.3) is 0 Å². The maximum Gasteiger partial charge on any atom is 0.240 e. The van der Waals surface area contributed by atoms with Crippen LogP contribution in [0.4, 0.5) is 5.69 Å². The summed E-state index contributed by atoms with van der Waals surface area (Å²) in [6.07, 6.45) is 0.970. The van der Waals surface area contributed by atoms with E-state index in [-0.39, 0.29) is 10.8 Å². The monoisotopic (exact) mass is 358 g/mol. The molecule has 0 fully saturated rings. The highest BCUT2D eigenvalue weighted by Crippen LogP contribution is 2.38. The number of amides is 1. The molecule has 0 aromatic heterocycles. The average Bonchev–Trinajstić information content (AvgIpc) is 2.54. The number of sulfonamides is 1. The van der Waals surface area contributed by atoms with Crippen LogP contribution < -0.4 is 10.0 Å². The quantitative estimate of drug-likeness (QED) is 0.863. The van der Waals surface area contributed by atoms with Gasteiger partial charge in [-0.15, -0.1) is 0 Å². The highest BCUT2D eigenvalue weighted by molar-refractivity contribution is 7.89. The van der Waals surface area contributed by atoms with Gasteiger partial charge >= 0.3 is 0 Å². The molecule has 132 valence electrons. The predicted octanol–water partition coefficient (Wildman–Crippen LogP) is 2.83. The molecule has 0 radical (unpaired) electrons. The van der Waals surface area contributed by atoms with Gasteiger partial charge in [-0.1, -0.05) is 44.2 Å². The molecule has 0 bridgehead atoms. The van der Waals surface area contributed by atoms with Crippen molar-refractivity contribution >= 4 is 21.6 Å². The lowest BCUT2D eigenvalue weighted by atomic mass is 9.78. The first-order valence-electron chi connectivity index (χ1n) is 8.26. The third-order valence-corrected chi connectivity index (χ3v) is 5.91. The highest BCUT2D eigenvalue weighted by Gasteiger charge is 2.33. The molecule has 2 N–H and O–H groups in total. The van der Waals surface area contributed by atoms with Crippen molar-refractivity contribution in [2.75, 3.05) is 11.9 Å². The summed E-state index contributed by atoms with van der Waals surface area (Å²) < 4.78 is 27.8. The molecule has 0 atom stereocenters. The first-order valence-corrected chi connectivity index (χ1v) is 9.74. The summed E-state index contributed by atoms with van der Waals surface area (Å²) in [4.78, 5) is 12.0. The van der Waals surface area contributed by atoms with E-state index in [2.05, 4.69) is 10.0 Å². The lowest BCUT2D eigenvalue weighted by molar-refractivity contribution is -0.117. The van der Waals surface area contributed by atoms with Gasteiger partial charge in [0.25, 0.3) is 0 Å². The predicted molar refractivity (Wildman–Crippen MR) is 98.0 cm³/mol. The fraction of sp³-hybridized carbons (Fsp3) is 0.316. The largest absolute Gasteiger partial charge is 0.326 e. The number of benzene rings is 2. The van der Waals surface area contributed by atoms with Gasteiger partial charge < -0.3 is 5.32 Å². The van der Waals surface area contributed by atoms with Gasteiger partial charge in [-0.05, 0) is 35.7 Å². The minimum absolute atomic E-state index is 0.0471. The Hall–Kier alpha value is -2.18. The molecule has 6 heteroatoms. The van der Waals surface area contributed by atoms with Crippen LogP contribution in [0.3, 0.4) is 0 Å². The molecule has 1 amide bonds. The molecule has 25 heavy (non-hydrogen) atoms. The van der Waals surface area contributed by atoms with Crippen LogP contribution in [-0.2, 0) is 26.7 Å². The van der Waals surface area contributed by atoms with Crippen molar-refractivity contribution in [3.63, 3.8) is 0 Å². The summed E-state index contributed by atoms with van der Waals surface area (Å²) in [5.41, 5.74) is 2.22. The Morgan fingerprint density at radius 2 is 1.84 bits per heavy atom. The van der Waals surface area contributed by atoms with Crippen LogP contribution in [0.1, 0.15) is 31.4 Å². The Labute approximate surface area is 148 Å². The van der Waals surface area contributed by atoms with Crippen LogP contribution in [0, 0.1) is 0 Å². The van der Waals surface area contributed by atoms with Crippen LogP contribution in [0.2, 0.25) is 0 Å². The maximum absolute atomic E-state index is 12.6. The van der Waals surface area contributed by atoms with Crippen molar-refractivity contribution in [2.24, 2.45) is 0 Å². The first kappa shape index (κ1) is 17.6. The molecule has 0 saturated carbocycles. The van der Waals surface area contributed by atoms with Crippen molar-refractivity contribution in [1.82, 2.24) is 4.72 Å². The maximum atomic E-state index is 12.6. The summed E-state index contributed by atoms with van der Waals surface area (Å²) >= 11 is 0. The van der Waals surface area contributed by atoms with E-state index in [4.69, 9.17) is 0 Å². The van der Waals surface area contributed by atoms with Crippen LogP contribution in [0.5, 0.6) is 0 Å². The number of fused-ring (bicyclic) bond motifs is 1. The normalized spacial score (nSPS) is 16.2. The Kier molecular flexibility index (Phi) is 4.67. The molecule has 2 aromatic carbocycles. The molecule has 0 saturated heterocycles. The third-order valence-electron chi connectivity index (χ3n) is 4.46. The van der Waals surface area contributed by atoms with Crippen molar-refractivity contribution in [3.05, 3.63) is 59.7 Å². The van der Waals surface area contributed by atoms with Gasteiger partial charge in [0, 0.05) is 24.1 Å². The first-order chi connectivity index (χ1) is 11.8. The van der Waals surface area contributed by atoms with Gasteiger partial charge in [-0.2, -0.15) is 0 Å². The van der Waals surface area contributed by atoms with Crippen LogP contribution in [-0.4, -0.2) is 20.9 Å². The smallest absolute Gasteiger partial charge is 0.240 e. The second kappa shape index (κ2) is 6.61. The molecule has 0 aliphatic carbocycles. The number of anilines is 1. The standard InChI is InChI=1S/C19H22N2O3S/c1-19(2)13-18(22)21-17-9-8-15(12-16(17)19)25(23,24)20-11-10-14-6-4-3-5-7-14/h3-9,12,20H,10-11,13H2,1-2H3,(H,21,22). The van der Waals surface area contributed by atoms with E-state index in [1.807, 2.05) is 44.2 Å². The zero-order valence-electron chi connectivity index (χ0n) is 14.4. The van der Waals surface area contributed by atoms with E-state index in [0.29, 0.717) is 25.1 Å². The zero-order chi connectivity index (χ0) is 18.1. The van der Waals surface area contributed by atoms with Gasteiger partial charge in [-0.25, -0.2) is 13.1 Å². The van der Waals surface area contributed by atoms with E-state index in [1.54, 1.807) is 12.1 Å². The van der Waals surface area contributed by atoms with Crippen molar-refractivity contribution in [2.45, 2.75) is 37.0 Å². The minimum atomic E-state index is -3.59. The number of rotatable bonds is 5. The average molecular weight is 358 g/mol. The third kappa shape index (κ3) is 3.91. The van der Waals surface area contributed by atoms with Gasteiger partial charge in [0.15, 0.2) is 0 Å². The number of nitrogens with one attached hydrogen (secondary N) is 2. The number of hydrogen-bond acceptors (Lipinski definition) is 3. The molecule has 3 rings (SSSR count). The molecule has 1 heterocycles. The summed E-state index contributed by atoms with van der Waals surface area (Å²) in [6.45, 7) is 4.23. The van der Waals surface area contributed by atoms with Crippen LogP contribution >= 0.6 is 0 Å². The molecule has 2 aromatic rings. The second-order valence-electron chi connectivity index (χ2n) is 6.95. The summed E-state index contributed by atoms with van der Waals surface area (Å²) in [7, 11) is -3.59. The van der Waals surface area contributed by atoms with Crippen LogP contribution in [0.15, 0.2) is 53.4 Å². The fourth-order valence-electron chi connectivity index (χ4n) is 3.11. The molecule has 5 nitrogen and oxygen atoms in total. The van der Waals surface area contributed by atoms with E-state index in [9.17, 15) is 13.2 Å². The summed E-state index contributed by atoms with van der Waals surface area (Å²) in [5, 5.41) is 2.80. The number of carbonyl (C=O) groups excluding carboxylic acids is 1. The molecule has 0 spiro atoms. The van der Waals surface area contributed by atoms with Gasteiger partial charge in [0.1, 0.15) is 0 Å². The topological polar surface area (TPSA) is 75.3 Å². The molecular formula is C19H22N2O3S. The number of carbonyl (C=O) groups is 1. The summed E-state index contributed by atoms with van der Waals surface area (Å²) in [6, 6.07) is 14.6. The van der Waals surface area contributed by atoms with E-state index < -0.39 is 15.4 Å². The highest BCUT2D eigenvalue weighted by atomic mass is 32.2. The van der Waals surface area contributed by atoms with E-state index in [1.165, 1.54) is 6.07 Å². The van der Waals surface area contributed by atoms with E-state index in [0.717, 1.165) is 11.1 Å². The van der Waals surface area contributed by atoms with Crippen molar-refractivity contribution < 1.29 is 13.2 Å². The van der Waals surface area contributed by atoms with Crippen molar-refractivity contribution in [1.29, 1.82) is 0 Å². The molecule has 1 aliphatic rings. The minimum Gasteiger partial charge on any atom is -0.326 e. The fourth-order valence-corrected chi connectivity index (χ4v) is 4.17. The molecule has 0 unspecified atom stereocenters. The number of hydrogen-bond donors (Lipinski definition) is 2.